The van der Waals surface area contributed by atoms with E-state index in [1.165, 1.54) is 6.21 Å². The summed E-state index contributed by atoms with van der Waals surface area (Å²) in [5, 5.41) is 13.9. The number of nitrogens with one attached hydrogen (secondary N) is 3. The largest absolute Gasteiger partial charge is 0.335 e. The number of rotatable bonds is 7. The first kappa shape index (κ1) is 22.3. The van der Waals surface area contributed by atoms with Crippen LogP contribution in [-0.4, -0.2) is 28.2 Å². The van der Waals surface area contributed by atoms with Crippen LogP contribution in [0.15, 0.2) is 101 Å². The van der Waals surface area contributed by atoms with Gasteiger partial charge in [0.05, 0.1) is 5.39 Å². The number of hydrogen-bond donors (Lipinski definition) is 3. The first-order valence-electron chi connectivity index (χ1n) is 10.5. The lowest BCUT2D eigenvalue weighted by molar-refractivity contribution is -0.123. The molecule has 0 saturated carbocycles. The van der Waals surface area contributed by atoms with Crippen molar-refractivity contribution in [2.45, 2.75) is 6.04 Å². The number of aromatic nitrogens is 2. The van der Waals surface area contributed by atoms with Gasteiger partial charge in [-0.1, -0.05) is 72.8 Å². The van der Waals surface area contributed by atoms with Crippen LogP contribution in [0.3, 0.4) is 0 Å². The van der Waals surface area contributed by atoms with E-state index in [1.54, 1.807) is 60.7 Å². The van der Waals surface area contributed by atoms with Gasteiger partial charge in [0.1, 0.15) is 5.69 Å². The van der Waals surface area contributed by atoms with Gasteiger partial charge >= 0.3 is 0 Å². The number of H-pyrrole nitrogens is 1. The van der Waals surface area contributed by atoms with Crippen molar-refractivity contribution in [3.63, 3.8) is 0 Å². The number of amides is 2. The predicted octanol–water partition coefficient (Wildman–Crippen LogP) is 3.21. The summed E-state index contributed by atoms with van der Waals surface area (Å²) in [7, 11) is 0. The van der Waals surface area contributed by atoms with Crippen molar-refractivity contribution in [2.24, 2.45) is 5.10 Å². The third-order valence-corrected chi connectivity index (χ3v) is 5.00. The highest BCUT2D eigenvalue weighted by molar-refractivity contribution is 5.99. The van der Waals surface area contributed by atoms with Gasteiger partial charge in [-0.3, -0.25) is 14.4 Å². The Morgan fingerprint density at radius 3 is 2.26 bits per heavy atom. The van der Waals surface area contributed by atoms with Crippen LogP contribution in [0.1, 0.15) is 27.7 Å². The molecule has 0 aliphatic heterocycles. The molecule has 1 aromatic heterocycles. The number of carbonyl (C=O) groups excluding carboxylic acids is 2. The first-order chi connectivity index (χ1) is 16.6. The van der Waals surface area contributed by atoms with Gasteiger partial charge in [-0.05, 0) is 29.8 Å². The molecule has 0 spiro atoms. The second-order valence-corrected chi connectivity index (χ2v) is 7.28. The van der Waals surface area contributed by atoms with Crippen LogP contribution in [0.4, 0.5) is 0 Å². The van der Waals surface area contributed by atoms with Gasteiger partial charge in [-0.25, -0.2) is 10.5 Å². The van der Waals surface area contributed by atoms with Crippen LogP contribution in [0.25, 0.3) is 16.8 Å². The SMILES string of the molecule is O=C(N[C@H](C(=O)NN=C/C=C\c1ccccc1)c1n[nH]c(=O)c2ccccc12)c1ccccc1. The van der Waals surface area contributed by atoms with Crippen molar-refractivity contribution in [1.29, 1.82) is 0 Å². The fourth-order valence-electron chi connectivity index (χ4n) is 3.34. The van der Waals surface area contributed by atoms with Crippen molar-refractivity contribution >= 4 is 34.9 Å². The molecule has 4 aromatic rings. The van der Waals surface area contributed by atoms with Crippen LogP contribution < -0.4 is 16.3 Å². The highest BCUT2D eigenvalue weighted by atomic mass is 16.2. The summed E-state index contributed by atoms with van der Waals surface area (Å²) in [6.45, 7) is 0. The molecule has 1 heterocycles. The van der Waals surface area contributed by atoms with Crippen molar-refractivity contribution in [2.75, 3.05) is 0 Å². The van der Waals surface area contributed by atoms with E-state index in [-0.39, 0.29) is 5.69 Å². The Morgan fingerprint density at radius 2 is 1.53 bits per heavy atom. The van der Waals surface area contributed by atoms with Gasteiger partial charge in [-0.15, -0.1) is 0 Å². The summed E-state index contributed by atoms with van der Waals surface area (Å²) in [4.78, 5) is 38.1. The molecular weight excluding hydrogens is 430 g/mol. The standard InChI is InChI=1S/C26H21N5O3/c32-24(19-13-5-2-6-14-19)28-23(22-20-15-7-8-16-21(20)25(33)31-29-22)26(34)30-27-17-9-12-18-10-3-1-4-11-18/h1-17,23H,(H,28,32)(H,30,34)(H,31,33)/b12-9-,27-17?/t23-/m0/s1. The number of carbonyl (C=O) groups is 2. The normalized spacial score (nSPS) is 12.1. The zero-order valence-electron chi connectivity index (χ0n) is 18.0. The lowest BCUT2D eigenvalue weighted by Gasteiger charge is -2.18. The highest BCUT2D eigenvalue weighted by Gasteiger charge is 2.27. The summed E-state index contributed by atoms with van der Waals surface area (Å²) < 4.78 is 0. The van der Waals surface area contributed by atoms with Gasteiger partial charge in [-0.2, -0.15) is 10.2 Å². The first-order valence-corrected chi connectivity index (χ1v) is 10.5. The molecule has 0 saturated heterocycles. The van der Waals surface area contributed by atoms with Gasteiger partial charge in [0.25, 0.3) is 17.4 Å². The molecule has 3 N–H and O–H groups in total. The lowest BCUT2D eigenvalue weighted by atomic mass is 10.0. The van der Waals surface area contributed by atoms with E-state index in [1.807, 2.05) is 36.4 Å². The Labute approximate surface area is 195 Å². The number of allylic oxidation sites excluding steroid dienone is 1. The quantitative estimate of drug-likeness (QED) is 0.295. The minimum atomic E-state index is -1.20. The molecule has 1 atom stereocenters. The van der Waals surface area contributed by atoms with Crippen molar-refractivity contribution < 1.29 is 9.59 Å². The van der Waals surface area contributed by atoms with Crippen molar-refractivity contribution in [3.8, 4) is 0 Å². The molecular formula is C26H21N5O3. The lowest BCUT2D eigenvalue weighted by Crippen LogP contribution is -2.40. The number of benzene rings is 3. The predicted molar refractivity (Wildman–Crippen MR) is 131 cm³/mol. The number of hydrazone groups is 1. The Balaban J connectivity index is 1.60. The maximum absolute atomic E-state index is 13.1. The Hall–Kier alpha value is -4.85. The van der Waals surface area contributed by atoms with Crippen molar-refractivity contribution in [3.05, 3.63) is 118 Å². The van der Waals surface area contributed by atoms with Crippen LogP contribution in [0.2, 0.25) is 0 Å². The average Bonchev–Trinajstić information content (AvgIpc) is 2.88. The third kappa shape index (κ3) is 5.31. The Kier molecular flexibility index (Phi) is 7.00. The topological polar surface area (TPSA) is 116 Å². The number of nitrogens with zero attached hydrogens (tertiary/aromatic N) is 2. The zero-order valence-corrected chi connectivity index (χ0v) is 18.0. The molecule has 0 unspecified atom stereocenters. The van der Waals surface area contributed by atoms with Crippen LogP contribution >= 0.6 is 0 Å². The molecule has 0 fully saturated rings. The number of fused-ring (bicyclic) bond motifs is 1. The Bertz CT molecular complexity index is 1410. The molecule has 0 radical (unpaired) electrons. The van der Waals surface area contributed by atoms with Crippen LogP contribution in [0.5, 0.6) is 0 Å². The van der Waals surface area contributed by atoms with Crippen LogP contribution in [0, 0.1) is 0 Å². The summed E-state index contributed by atoms with van der Waals surface area (Å²) in [6, 6.07) is 23.7. The maximum Gasteiger partial charge on any atom is 0.272 e. The molecule has 2 amide bonds. The van der Waals surface area contributed by atoms with Gasteiger partial charge < -0.3 is 5.32 Å². The van der Waals surface area contributed by atoms with Crippen molar-refractivity contribution in [1.82, 2.24) is 20.9 Å². The summed E-state index contributed by atoms with van der Waals surface area (Å²) in [5.74, 6) is -1.08. The molecule has 4 rings (SSSR count). The zero-order chi connectivity index (χ0) is 23.8. The molecule has 8 nitrogen and oxygen atoms in total. The summed E-state index contributed by atoms with van der Waals surface area (Å²) in [5.41, 5.74) is 3.61. The van der Waals surface area contributed by atoms with E-state index < -0.39 is 23.4 Å². The minimum Gasteiger partial charge on any atom is -0.335 e. The second-order valence-electron chi connectivity index (χ2n) is 7.28. The minimum absolute atomic E-state index is 0.201. The summed E-state index contributed by atoms with van der Waals surface area (Å²) >= 11 is 0. The number of aromatic amines is 1. The van der Waals surface area contributed by atoms with E-state index in [9.17, 15) is 14.4 Å². The van der Waals surface area contributed by atoms with E-state index in [4.69, 9.17) is 0 Å². The molecule has 0 aliphatic rings. The van der Waals surface area contributed by atoms with E-state index in [2.05, 4.69) is 26.0 Å². The van der Waals surface area contributed by atoms with Crippen LogP contribution in [-0.2, 0) is 4.79 Å². The maximum atomic E-state index is 13.1. The molecule has 3 aromatic carbocycles. The highest BCUT2D eigenvalue weighted by Crippen LogP contribution is 2.20. The molecule has 0 aliphatic carbocycles. The molecule has 0 bridgehead atoms. The van der Waals surface area contributed by atoms with Gasteiger partial charge in [0.15, 0.2) is 6.04 Å². The average molecular weight is 451 g/mol. The van der Waals surface area contributed by atoms with E-state index >= 15 is 0 Å². The monoisotopic (exact) mass is 451 g/mol. The molecule has 34 heavy (non-hydrogen) atoms. The second kappa shape index (κ2) is 10.6. The molecule has 8 heteroatoms. The number of hydrogen-bond acceptors (Lipinski definition) is 5. The molecule has 168 valence electrons. The third-order valence-electron chi connectivity index (χ3n) is 5.00. The van der Waals surface area contributed by atoms with E-state index in [0.717, 1.165) is 5.56 Å². The summed E-state index contributed by atoms with van der Waals surface area (Å²) in [6.07, 6.45) is 4.95. The Morgan fingerprint density at radius 1 is 0.882 bits per heavy atom. The van der Waals surface area contributed by atoms with Gasteiger partial charge in [0, 0.05) is 17.2 Å². The van der Waals surface area contributed by atoms with Gasteiger partial charge in [0.2, 0.25) is 0 Å². The van der Waals surface area contributed by atoms with E-state index in [0.29, 0.717) is 16.3 Å². The fourth-order valence-corrected chi connectivity index (χ4v) is 3.34. The smallest absolute Gasteiger partial charge is 0.272 e. The fraction of sp³-hybridized carbons (Fsp3) is 0.0385.